The summed E-state index contributed by atoms with van der Waals surface area (Å²) in [7, 11) is 0. The van der Waals surface area contributed by atoms with Crippen LogP contribution in [0.1, 0.15) is 46.4 Å². The molecule has 2 atom stereocenters. The summed E-state index contributed by atoms with van der Waals surface area (Å²) in [6, 6.07) is 9.00. The Morgan fingerprint density at radius 3 is 2.12 bits per heavy atom. The number of Topliss-reactive ketones (excluding diaryl/α,β-unsaturated/α-hetero) is 1. The van der Waals surface area contributed by atoms with E-state index < -0.39 is 47.7 Å². The third kappa shape index (κ3) is 4.14. The highest BCUT2D eigenvalue weighted by atomic mass is 35.5. The summed E-state index contributed by atoms with van der Waals surface area (Å²) in [4.78, 5) is 52.6. The Hall–Kier alpha value is -2.77. The Bertz CT molecular complexity index is 1080. The number of carbonyl (C=O) groups is 4. The highest BCUT2D eigenvalue weighted by Crippen LogP contribution is 2.39. The zero-order valence-electron chi connectivity index (χ0n) is 16.9. The van der Waals surface area contributed by atoms with Gasteiger partial charge >= 0.3 is 0 Å². The van der Waals surface area contributed by atoms with Crippen LogP contribution in [-0.4, -0.2) is 40.1 Å². The van der Waals surface area contributed by atoms with Crippen LogP contribution in [0.2, 0.25) is 10.0 Å². The largest absolute Gasteiger partial charge is 0.292 e. The first-order valence-corrected chi connectivity index (χ1v) is 11.0. The third-order valence-corrected chi connectivity index (χ3v) is 6.46. The Kier molecular flexibility index (Phi) is 6.31. The number of hydrazine groups is 1. The van der Waals surface area contributed by atoms with E-state index in [0.717, 1.165) is 35.0 Å². The molecule has 4 rings (SSSR count). The van der Waals surface area contributed by atoms with Gasteiger partial charge in [-0.25, -0.2) is 9.40 Å². The molecule has 2 aromatic carbocycles. The van der Waals surface area contributed by atoms with E-state index in [9.17, 15) is 23.6 Å². The molecule has 0 unspecified atom stereocenters. The number of hydrogen-bond acceptors (Lipinski definition) is 4. The lowest BCUT2D eigenvalue weighted by Crippen LogP contribution is -2.52. The van der Waals surface area contributed by atoms with Crippen molar-refractivity contribution in [3.05, 3.63) is 69.5 Å². The van der Waals surface area contributed by atoms with E-state index in [2.05, 4.69) is 0 Å². The van der Waals surface area contributed by atoms with Gasteiger partial charge in [0.25, 0.3) is 17.7 Å². The molecule has 0 N–H and O–H groups in total. The predicted octanol–water partition coefficient (Wildman–Crippen LogP) is 4.55. The van der Waals surface area contributed by atoms with Crippen molar-refractivity contribution >= 4 is 46.7 Å². The molecular formula is C23H19Cl2FN2O4. The number of ketones is 1. The number of rotatable bonds is 5. The molecule has 1 aliphatic heterocycles. The van der Waals surface area contributed by atoms with Crippen LogP contribution in [-0.2, 0) is 9.59 Å². The summed E-state index contributed by atoms with van der Waals surface area (Å²) in [5.74, 6) is -3.85. The molecule has 3 amide bonds. The molecule has 1 aliphatic carbocycles. The molecule has 2 aliphatic rings. The molecule has 166 valence electrons. The van der Waals surface area contributed by atoms with E-state index >= 15 is 0 Å². The van der Waals surface area contributed by atoms with E-state index in [1.54, 1.807) is 0 Å². The van der Waals surface area contributed by atoms with Gasteiger partial charge in [-0.1, -0.05) is 36.0 Å². The van der Waals surface area contributed by atoms with Crippen LogP contribution >= 0.6 is 23.2 Å². The summed E-state index contributed by atoms with van der Waals surface area (Å²) >= 11 is 12.1. The molecule has 0 radical (unpaired) electrons. The van der Waals surface area contributed by atoms with E-state index in [1.165, 1.54) is 30.3 Å². The van der Waals surface area contributed by atoms with Gasteiger partial charge in [0.05, 0.1) is 22.4 Å². The van der Waals surface area contributed by atoms with Crippen LogP contribution in [0.3, 0.4) is 0 Å². The summed E-state index contributed by atoms with van der Waals surface area (Å²) in [5, 5.41) is 1.98. The topological polar surface area (TPSA) is 74.8 Å². The van der Waals surface area contributed by atoms with Crippen molar-refractivity contribution < 1.29 is 23.6 Å². The highest BCUT2D eigenvalue weighted by molar-refractivity contribution is 6.36. The van der Waals surface area contributed by atoms with Gasteiger partial charge in [-0.3, -0.25) is 19.2 Å². The molecule has 2 fully saturated rings. The minimum atomic E-state index is -0.775. The average Bonchev–Trinajstić information content (AvgIpc) is 3.02. The lowest BCUT2D eigenvalue weighted by molar-refractivity contribution is -0.154. The molecule has 0 bridgehead atoms. The highest BCUT2D eigenvalue weighted by Gasteiger charge is 2.52. The van der Waals surface area contributed by atoms with Crippen LogP contribution in [0, 0.1) is 17.7 Å². The van der Waals surface area contributed by atoms with Gasteiger partial charge < -0.3 is 0 Å². The third-order valence-electron chi connectivity index (χ3n) is 5.91. The normalized spacial score (nSPS) is 20.3. The molecule has 1 heterocycles. The first-order valence-electron chi connectivity index (χ1n) is 10.2. The molecule has 6 nitrogen and oxygen atoms in total. The van der Waals surface area contributed by atoms with Crippen molar-refractivity contribution in [1.29, 1.82) is 0 Å². The Labute approximate surface area is 193 Å². The van der Waals surface area contributed by atoms with Crippen molar-refractivity contribution in [2.24, 2.45) is 11.8 Å². The SMILES string of the molecule is O=C(CN(C(=O)c1ccc(Cl)cc1Cl)N1C(=O)[C@@H]2CCCC[C@H]2C1=O)c1ccc(F)cc1. The Morgan fingerprint density at radius 1 is 0.969 bits per heavy atom. The number of amides is 3. The van der Waals surface area contributed by atoms with E-state index in [0.29, 0.717) is 17.9 Å². The van der Waals surface area contributed by atoms with Crippen LogP contribution in [0.15, 0.2) is 42.5 Å². The second-order valence-corrected chi connectivity index (χ2v) is 8.75. The van der Waals surface area contributed by atoms with Crippen LogP contribution in [0.4, 0.5) is 4.39 Å². The minimum absolute atomic E-state index is 0.00144. The lowest BCUT2D eigenvalue weighted by Gasteiger charge is -2.30. The van der Waals surface area contributed by atoms with Crippen LogP contribution in [0.25, 0.3) is 0 Å². The van der Waals surface area contributed by atoms with Gasteiger partial charge in [0.1, 0.15) is 12.4 Å². The van der Waals surface area contributed by atoms with E-state index in [4.69, 9.17) is 23.2 Å². The number of hydrogen-bond donors (Lipinski definition) is 0. The first kappa shape index (κ1) is 22.4. The fraction of sp³-hybridized carbons (Fsp3) is 0.304. The zero-order valence-corrected chi connectivity index (χ0v) is 18.4. The molecule has 32 heavy (non-hydrogen) atoms. The summed E-state index contributed by atoms with van der Waals surface area (Å²) in [6.07, 6.45) is 2.75. The first-order chi connectivity index (χ1) is 15.3. The van der Waals surface area contributed by atoms with E-state index in [1.807, 2.05) is 0 Å². The number of imide groups is 1. The monoisotopic (exact) mass is 476 g/mol. The number of fused-ring (bicyclic) bond motifs is 1. The van der Waals surface area contributed by atoms with Gasteiger partial charge in [-0.15, -0.1) is 0 Å². The van der Waals surface area contributed by atoms with Crippen molar-refractivity contribution in [3.63, 3.8) is 0 Å². The van der Waals surface area contributed by atoms with Crippen LogP contribution in [0.5, 0.6) is 0 Å². The predicted molar refractivity (Wildman–Crippen MR) is 116 cm³/mol. The summed E-state index contributed by atoms with van der Waals surface area (Å²) < 4.78 is 13.3. The molecular weight excluding hydrogens is 458 g/mol. The van der Waals surface area contributed by atoms with Crippen molar-refractivity contribution in [2.45, 2.75) is 25.7 Å². The van der Waals surface area contributed by atoms with Crippen LogP contribution < -0.4 is 0 Å². The fourth-order valence-electron chi connectivity index (χ4n) is 4.28. The molecule has 1 saturated carbocycles. The molecule has 9 heteroatoms. The lowest BCUT2D eigenvalue weighted by atomic mass is 9.81. The van der Waals surface area contributed by atoms with Crippen molar-refractivity contribution in [1.82, 2.24) is 10.0 Å². The number of nitrogens with zero attached hydrogens (tertiary/aromatic N) is 2. The molecule has 0 spiro atoms. The quantitative estimate of drug-likeness (QED) is 0.468. The second kappa shape index (κ2) is 9.00. The Morgan fingerprint density at radius 2 is 1.56 bits per heavy atom. The van der Waals surface area contributed by atoms with Crippen molar-refractivity contribution in [3.8, 4) is 0 Å². The standard InChI is InChI=1S/C23H19Cl2FN2O4/c24-14-7-10-18(19(25)11-14)21(30)27(12-20(29)13-5-8-15(26)9-6-13)28-22(31)16-3-1-2-4-17(16)23(28)32/h5-11,16-17H,1-4,12H2/t16-,17-/m1/s1. The molecule has 0 aromatic heterocycles. The molecule has 1 saturated heterocycles. The maximum absolute atomic E-state index is 13.4. The second-order valence-electron chi connectivity index (χ2n) is 7.90. The molecule has 2 aromatic rings. The fourth-order valence-corrected chi connectivity index (χ4v) is 4.77. The van der Waals surface area contributed by atoms with Gasteiger partial charge in [-0.2, -0.15) is 5.01 Å². The van der Waals surface area contributed by atoms with Crippen molar-refractivity contribution in [2.75, 3.05) is 6.54 Å². The van der Waals surface area contributed by atoms with Gasteiger partial charge in [0, 0.05) is 10.6 Å². The maximum atomic E-state index is 13.4. The smallest absolute Gasteiger partial charge is 0.274 e. The maximum Gasteiger partial charge on any atom is 0.274 e. The Balaban J connectivity index is 1.71. The van der Waals surface area contributed by atoms with Gasteiger partial charge in [-0.05, 0) is 55.3 Å². The summed E-state index contributed by atoms with van der Waals surface area (Å²) in [6.45, 7) is -0.583. The minimum Gasteiger partial charge on any atom is -0.292 e. The van der Waals surface area contributed by atoms with E-state index in [-0.39, 0.29) is 16.1 Å². The number of halogens is 3. The summed E-state index contributed by atoms with van der Waals surface area (Å²) in [5.41, 5.74) is 0.140. The number of benzene rings is 2. The number of carbonyl (C=O) groups excluding carboxylic acids is 4. The van der Waals surface area contributed by atoms with Gasteiger partial charge in [0.15, 0.2) is 5.78 Å². The van der Waals surface area contributed by atoms with Gasteiger partial charge in [0.2, 0.25) is 0 Å². The average molecular weight is 477 g/mol. The zero-order chi connectivity index (χ0) is 23.0.